The fourth-order valence-corrected chi connectivity index (χ4v) is 11.8. The molecular formula is C29H35NO5. The van der Waals surface area contributed by atoms with E-state index in [0.717, 1.165) is 18.4 Å². The zero-order valence-electron chi connectivity index (χ0n) is 20.8. The Balaban J connectivity index is 1.23. The third-order valence-corrected chi connectivity index (χ3v) is 12.2. The molecule has 6 heteroatoms. The molecule has 6 nitrogen and oxygen atoms in total. The highest BCUT2D eigenvalue weighted by Gasteiger charge is 2.90. The third kappa shape index (κ3) is 2.03. The van der Waals surface area contributed by atoms with Gasteiger partial charge in [0, 0.05) is 35.9 Å². The summed E-state index contributed by atoms with van der Waals surface area (Å²) >= 11 is 0. The molecule has 3 saturated heterocycles. The number of aliphatic hydroxyl groups is 1. The van der Waals surface area contributed by atoms with E-state index < -0.39 is 6.10 Å². The molecule has 6 aliphatic carbocycles. The van der Waals surface area contributed by atoms with Crippen molar-refractivity contribution in [2.24, 2.45) is 39.9 Å². The Hall–Kier alpha value is -2.05. The van der Waals surface area contributed by atoms with Gasteiger partial charge in [-0.3, -0.25) is 4.90 Å². The summed E-state index contributed by atoms with van der Waals surface area (Å²) in [6.45, 7) is 8.12. The summed E-state index contributed by atoms with van der Waals surface area (Å²) in [6, 6.07) is 6.35. The molecule has 1 N–H and O–H groups in total. The van der Waals surface area contributed by atoms with Crippen molar-refractivity contribution in [1.82, 2.24) is 4.90 Å². The number of hydrogen-bond acceptors (Lipinski definition) is 6. The first-order chi connectivity index (χ1) is 16.8. The van der Waals surface area contributed by atoms with Crippen LogP contribution in [-0.2, 0) is 4.74 Å². The Morgan fingerprint density at radius 3 is 2.71 bits per heavy atom. The molecule has 2 spiro atoms. The lowest BCUT2D eigenvalue weighted by Gasteiger charge is -2.66. The van der Waals surface area contributed by atoms with Crippen molar-refractivity contribution in [3.05, 3.63) is 35.9 Å². The Kier molecular flexibility index (Phi) is 3.77. The fraction of sp³-hybridized carbons (Fsp3) is 0.690. The van der Waals surface area contributed by atoms with Gasteiger partial charge in [0.25, 0.3) is 0 Å². The quantitative estimate of drug-likeness (QED) is 0.527. The summed E-state index contributed by atoms with van der Waals surface area (Å²) in [4.78, 5) is 16.5. The molecular weight excluding hydrogens is 442 g/mol. The van der Waals surface area contributed by atoms with Crippen LogP contribution in [0.2, 0.25) is 0 Å². The minimum absolute atomic E-state index is 0.0382. The molecule has 0 radical (unpaired) electrons. The van der Waals surface area contributed by atoms with E-state index in [1.807, 2.05) is 0 Å². The maximum atomic E-state index is 13.6. The summed E-state index contributed by atoms with van der Waals surface area (Å²) in [5, 5.41) is 11.7. The van der Waals surface area contributed by atoms with Crippen molar-refractivity contribution in [1.29, 1.82) is 0 Å². The second-order valence-electron chi connectivity index (χ2n) is 12.9. The average Bonchev–Trinajstić information content (AvgIpc) is 3.28. The molecule has 3 heterocycles. The number of piperidine rings is 2. The lowest BCUT2D eigenvalue weighted by Crippen LogP contribution is -2.69. The van der Waals surface area contributed by atoms with Crippen molar-refractivity contribution < 1.29 is 24.1 Å². The van der Waals surface area contributed by atoms with Gasteiger partial charge in [-0.05, 0) is 72.1 Å². The lowest BCUT2D eigenvalue weighted by atomic mass is 9.39. The second-order valence-corrected chi connectivity index (χ2v) is 12.9. The SMILES string of the molecule is C=C1[C@H]2C[C@@H]3[C@H]4N5C[C@]6(C)CCC[C@]47[C@H]([C@H]2OC(=O)c2ccc(OC)c(OC)c2)[C@]3(C[C@H]5[C@H]67)[C@@H]1O. The zero-order valence-corrected chi connectivity index (χ0v) is 20.8. The molecule has 35 heavy (non-hydrogen) atoms. The van der Waals surface area contributed by atoms with Gasteiger partial charge in [-0.2, -0.15) is 0 Å². The molecule has 9 aliphatic rings. The molecule has 6 saturated carbocycles. The molecule has 9 bridgehead atoms. The van der Waals surface area contributed by atoms with Gasteiger partial charge in [-0.1, -0.05) is 19.9 Å². The number of esters is 1. The number of carbonyl (C=O) groups is 1. The number of ether oxygens (including phenoxy) is 3. The van der Waals surface area contributed by atoms with Gasteiger partial charge in [0.05, 0.1) is 25.9 Å². The first kappa shape index (κ1) is 21.1. The number of benzene rings is 1. The van der Waals surface area contributed by atoms with Crippen LogP contribution in [0.3, 0.4) is 0 Å². The average molecular weight is 478 g/mol. The fourth-order valence-electron chi connectivity index (χ4n) is 11.8. The number of aliphatic hydroxyl groups excluding tert-OH is 1. The Morgan fingerprint density at radius 2 is 1.94 bits per heavy atom. The van der Waals surface area contributed by atoms with Gasteiger partial charge in [-0.25, -0.2) is 4.79 Å². The normalized spacial score (nSPS) is 53.3. The maximum absolute atomic E-state index is 13.6. The van der Waals surface area contributed by atoms with Crippen molar-refractivity contribution in [3.8, 4) is 11.5 Å². The minimum atomic E-state index is -0.467. The van der Waals surface area contributed by atoms with Crippen molar-refractivity contribution in [2.75, 3.05) is 20.8 Å². The van der Waals surface area contributed by atoms with Crippen molar-refractivity contribution in [3.63, 3.8) is 0 Å². The van der Waals surface area contributed by atoms with Crippen LogP contribution in [0.1, 0.15) is 49.4 Å². The number of nitrogens with zero attached hydrogens (tertiary/aromatic N) is 1. The highest BCUT2D eigenvalue weighted by atomic mass is 16.5. The standard InChI is InChI=1S/C29H35NO5/c1-14-16-11-17-24-28-9-5-8-27(2)13-30(24)18(22(27)28)12-29(17,25(14)31)23(28)21(16)35-26(32)15-6-7-19(33-3)20(10-15)34-4/h6-7,10,16-18,21-25,31H,1,5,8-9,11-13H2,2-4H3/t16-,17-,18+,21+,22-,23+,24-,25-,27+,28+,29-/m1/s1. The number of fused-ring (bicyclic) bond motifs is 1. The summed E-state index contributed by atoms with van der Waals surface area (Å²) < 4.78 is 17.3. The van der Waals surface area contributed by atoms with Crippen LogP contribution in [0, 0.1) is 39.9 Å². The first-order valence-corrected chi connectivity index (χ1v) is 13.4. The zero-order chi connectivity index (χ0) is 24.1. The maximum Gasteiger partial charge on any atom is 0.338 e. The van der Waals surface area contributed by atoms with E-state index in [1.165, 1.54) is 25.8 Å². The predicted octanol–water partition coefficient (Wildman–Crippen LogP) is 3.68. The number of methoxy groups -OCH3 is 2. The molecule has 1 aromatic rings. The van der Waals surface area contributed by atoms with Crippen LogP contribution in [0.15, 0.2) is 30.4 Å². The summed E-state index contributed by atoms with van der Waals surface area (Å²) in [5.74, 6) is 2.23. The molecule has 1 unspecified atom stereocenters. The van der Waals surface area contributed by atoms with Crippen LogP contribution >= 0.6 is 0 Å². The topological polar surface area (TPSA) is 68.2 Å². The third-order valence-electron chi connectivity index (χ3n) is 12.2. The molecule has 0 aromatic heterocycles. The lowest BCUT2D eigenvalue weighted by molar-refractivity contribution is -0.213. The molecule has 1 aromatic carbocycles. The molecule has 186 valence electrons. The molecule has 10 rings (SSSR count). The van der Waals surface area contributed by atoms with Gasteiger partial charge < -0.3 is 19.3 Å². The molecule has 0 amide bonds. The minimum Gasteiger partial charge on any atom is -0.493 e. The van der Waals surface area contributed by atoms with E-state index in [1.54, 1.807) is 32.4 Å². The smallest absolute Gasteiger partial charge is 0.338 e. The van der Waals surface area contributed by atoms with Crippen LogP contribution < -0.4 is 9.47 Å². The highest BCUT2D eigenvalue weighted by Crippen LogP contribution is 2.87. The van der Waals surface area contributed by atoms with Crippen molar-refractivity contribution in [2.45, 2.75) is 63.3 Å². The number of rotatable bonds is 4. The van der Waals surface area contributed by atoms with E-state index in [9.17, 15) is 9.90 Å². The van der Waals surface area contributed by atoms with E-state index in [0.29, 0.717) is 46.4 Å². The second kappa shape index (κ2) is 6.25. The highest BCUT2D eigenvalue weighted by molar-refractivity contribution is 5.90. The van der Waals surface area contributed by atoms with E-state index in [4.69, 9.17) is 14.2 Å². The molecule has 3 aliphatic heterocycles. The van der Waals surface area contributed by atoms with Gasteiger partial charge in [0.2, 0.25) is 0 Å². The van der Waals surface area contributed by atoms with Gasteiger partial charge >= 0.3 is 5.97 Å². The Morgan fingerprint density at radius 1 is 1.14 bits per heavy atom. The monoisotopic (exact) mass is 477 g/mol. The van der Waals surface area contributed by atoms with E-state index in [-0.39, 0.29) is 34.7 Å². The number of hydrogen-bond donors (Lipinski definition) is 1. The molecule has 9 fully saturated rings. The van der Waals surface area contributed by atoms with Crippen LogP contribution in [0.25, 0.3) is 0 Å². The van der Waals surface area contributed by atoms with E-state index >= 15 is 0 Å². The summed E-state index contributed by atoms with van der Waals surface area (Å²) in [6.07, 6.45) is 5.12. The van der Waals surface area contributed by atoms with Crippen LogP contribution in [0.5, 0.6) is 11.5 Å². The largest absolute Gasteiger partial charge is 0.493 e. The van der Waals surface area contributed by atoms with Gasteiger partial charge in [-0.15, -0.1) is 0 Å². The van der Waals surface area contributed by atoms with Crippen LogP contribution in [0.4, 0.5) is 0 Å². The summed E-state index contributed by atoms with van der Waals surface area (Å²) in [5.41, 5.74) is 1.73. The van der Waals surface area contributed by atoms with E-state index in [2.05, 4.69) is 18.4 Å². The number of carbonyl (C=O) groups excluding carboxylic acids is 1. The summed E-state index contributed by atoms with van der Waals surface area (Å²) in [7, 11) is 3.17. The Labute approximate surface area is 206 Å². The van der Waals surface area contributed by atoms with Gasteiger partial charge in [0.15, 0.2) is 11.5 Å². The molecule has 12 atom stereocenters. The van der Waals surface area contributed by atoms with Gasteiger partial charge in [0.1, 0.15) is 6.10 Å². The van der Waals surface area contributed by atoms with Crippen molar-refractivity contribution >= 4 is 5.97 Å². The Bertz CT molecular complexity index is 1180. The van der Waals surface area contributed by atoms with Crippen LogP contribution in [-0.4, -0.2) is 61.0 Å². The first-order valence-electron chi connectivity index (χ1n) is 13.4. The predicted molar refractivity (Wildman–Crippen MR) is 128 cm³/mol.